The highest BCUT2D eigenvalue weighted by atomic mass is 32.2. The van der Waals surface area contributed by atoms with E-state index in [1.807, 2.05) is 12.1 Å². The highest BCUT2D eigenvalue weighted by molar-refractivity contribution is 7.87. The lowest BCUT2D eigenvalue weighted by atomic mass is 10.0. The van der Waals surface area contributed by atoms with Crippen molar-refractivity contribution in [1.29, 1.82) is 0 Å². The molecule has 0 fully saturated rings. The molecule has 1 aliphatic rings. The molecule has 25 heavy (non-hydrogen) atoms. The molecule has 0 unspecified atom stereocenters. The Labute approximate surface area is 144 Å². The molecular weight excluding hydrogens is 340 g/mol. The van der Waals surface area contributed by atoms with Gasteiger partial charge >= 0.3 is 10.1 Å². The van der Waals surface area contributed by atoms with E-state index < -0.39 is 10.1 Å². The topological polar surface area (TPSA) is 85.4 Å². The fraction of sp³-hybridized carbons (Fsp3) is 0.111. The van der Waals surface area contributed by atoms with Gasteiger partial charge < -0.3 is 9.50 Å². The molecular formula is C18H14N2O4S. The summed E-state index contributed by atoms with van der Waals surface area (Å²) < 4.78 is 30.7. The Balaban J connectivity index is 1.71. The second-order valence-corrected chi connectivity index (χ2v) is 7.28. The van der Waals surface area contributed by atoms with Gasteiger partial charge in [0.1, 0.15) is 10.4 Å². The first-order valence-electron chi connectivity index (χ1n) is 7.74. The molecule has 1 N–H and O–H groups in total. The number of fused-ring (bicyclic) bond motifs is 2. The molecule has 0 atom stereocenters. The van der Waals surface area contributed by atoms with Gasteiger partial charge in [-0.25, -0.2) is 0 Å². The van der Waals surface area contributed by atoms with Crippen LogP contribution < -0.4 is 9.50 Å². The molecule has 0 saturated heterocycles. The maximum absolute atomic E-state index is 12.7. The number of carbonyl (C=O) groups is 1. The number of aromatic nitrogens is 1. The van der Waals surface area contributed by atoms with Crippen LogP contribution in [0.25, 0.3) is 10.9 Å². The van der Waals surface area contributed by atoms with Crippen molar-refractivity contribution in [3.8, 4) is 5.75 Å². The van der Waals surface area contributed by atoms with E-state index in [2.05, 4.69) is 10.3 Å². The Kier molecular flexibility index (Phi) is 3.65. The van der Waals surface area contributed by atoms with E-state index >= 15 is 0 Å². The fourth-order valence-electron chi connectivity index (χ4n) is 2.83. The molecule has 126 valence electrons. The summed E-state index contributed by atoms with van der Waals surface area (Å²) in [5, 5.41) is 3.52. The lowest BCUT2D eigenvalue weighted by Gasteiger charge is -2.17. The van der Waals surface area contributed by atoms with Crippen molar-refractivity contribution >= 4 is 32.6 Å². The molecule has 1 amide bonds. The van der Waals surface area contributed by atoms with E-state index in [0.29, 0.717) is 24.0 Å². The maximum atomic E-state index is 12.7. The van der Waals surface area contributed by atoms with Crippen molar-refractivity contribution in [1.82, 2.24) is 4.98 Å². The number of benzene rings is 2. The number of carbonyl (C=O) groups excluding carboxylic acids is 1. The van der Waals surface area contributed by atoms with E-state index in [1.165, 1.54) is 6.07 Å². The van der Waals surface area contributed by atoms with Crippen molar-refractivity contribution in [2.45, 2.75) is 17.7 Å². The third-order valence-electron chi connectivity index (χ3n) is 4.06. The molecule has 1 aromatic heterocycles. The molecule has 3 aromatic rings. The van der Waals surface area contributed by atoms with Crippen LogP contribution in [0, 0.1) is 0 Å². The first-order chi connectivity index (χ1) is 12.0. The molecule has 1 aliphatic heterocycles. The summed E-state index contributed by atoms with van der Waals surface area (Å²) in [6.07, 6.45) is 2.42. The molecule has 0 radical (unpaired) electrons. The molecule has 7 heteroatoms. The summed E-state index contributed by atoms with van der Waals surface area (Å²) in [6.45, 7) is 0. The summed E-state index contributed by atoms with van der Waals surface area (Å²) in [4.78, 5) is 15.7. The number of pyridine rings is 1. The van der Waals surface area contributed by atoms with Gasteiger partial charge in [0.05, 0.1) is 0 Å². The lowest BCUT2D eigenvalue weighted by Crippen LogP contribution is -2.19. The predicted octanol–water partition coefficient (Wildman–Crippen LogP) is 2.89. The van der Waals surface area contributed by atoms with Crippen molar-refractivity contribution < 1.29 is 17.4 Å². The number of rotatable bonds is 3. The molecule has 4 rings (SSSR count). The van der Waals surface area contributed by atoms with Gasteiger partial charge in [-0.2, -0.15) is 8.42 Å². The fourth-order valence-corrected chi connectivity index (χ4v) is 3.81. The zero-order valence-electron chi connectivity index (χ0n) is 13.1. The largest absolute Gasteiger partial charge is 0.377 e. The number of nitrogens with one attached hydrogen (secondary N) is 1. The van der Waals surface area contributed by atoms with Gasteiger partial charge in [-0.1, -0.05) is 18.2 Å². The third-order valence-corrected chi connectivity index (χ3v) is 5.29. The molecule has 2 heterocycles. The van der Waals surface area contributed by atoms with Crippen LogP contribution in [-0.2, 0) is 21.3 Å². The minimum absolute atomic E-state index is 0.0512. The van der Waals surface area contributed by atoms with Gasteiger partial charge in [0.15, 0.2) is 5.75 Å². The van der Waals surface area contributed by atoms with Gasteiger partial charge in [-0.05, 0) is 42.3 Å². The monoisotopic (exact) mass is 354 g/mol. The average Bonchev–Trinajstić information content (AvgIpc) is 2.61. The SMILES string of the molecule is O=C1CCc2cc(S(=O)(=O)Oc3cccc4cccnc34)ccc2N1. The second-order valence-electron chi connectivity index (χ2n) is 5.74. The van der Waals surface area contributed by atoms with Gasteiger partial charge in [-0.15, -0.1) is 0 Å². The van der Waals surface area contributed by atoms with Gasteiger partial charge in [0.2, 0.25) is 5.91 Å². The van der Waals surface area contributed by atoms with Crippen molar-refractivity contribution in [2.75, 3.05) is 5.32 Å². The van der Waals surface area contributed by atoms with Crippen LogP contribution in [0.4, 0.5) is 5.69 Å². The number of para-hydroxylation sites is 1. The van der Waals surface area contributed by atoms with E-state index in [-0.39, 0.29) is 16.6 Å². The summed E-state index contributed by atoms with van der Waals surface area (Å²) >= 11 is 0. The Morgan fingerprint density at radius 1 is 1.04 bits per heavy atom. The van der Waals surface area contributed by atoms with E-state index in [4.69, 9.17) is 4.18 Å². The van der Waals surface area contributed by atoms with E-state index in [1.54, 1.807) is 36.5 Å². The lowest BCUT2D eigenvalue weighted by molar-refractivity contribution is -0.116. The highest BCUT2D eigenvalue weighted by Gasteiger charge is 2.22. The smallest absolute Gasteiger partial charge is 0.339 e. The molecule has 2 aromatic carbocycles. The molecule has 0 saturated carbocycles. The Morgan fingerprint density at radius 3 is 2.76 bits per heavy atom. The zero-order valence-corrected chi connectivity index (χ0v) is 13.9. The normalized spacial score (nSPS) is 14.0. The second kappa shape index (κ2) is 5.86. The van der Waals surface area contributed by atoms with Gasteiger partial charge in [0.25, 0.3) is 0 Å². The van der Waals surface area contributed by atoms with E-state index in [9.17, 15) is 13.2 Å². The number of aryl methyl sites for hydroxylation is 1. The summed E-state index contributed by atoms with van der Waals surface area (Å²) in [5.41, 5.74) is 1.90. The first-order valence-corrected chi connectivity index (χ1v) is 9.15. The standard InChI is InChI=1S/C18H14N2O4S/c21-17-9-6-13-11-14(7-8-15(13)20-17)25(22,23)24-16-5-1-3-12-4-2-10-19-18(12)16/h1-5,7-8,10-11H,6,9H2,(H,20,21). The summed E-state index contributed by atoms with van der Waals surface area (Å²) in [5.74, 6) is 0.116. The van der Waals surface area contributed by atoms with Crippen LogP contribution in [-0.4, -0.2) is 19.3 Å². The van der Waals surface area contributed by atoms with Crippen LogP contribution in [0.1, 0.15) is 12.0 Å². The molecule has 0 aliphatic carbocycles. The number of anilines is 1. The maximum Gasteiger partial charge on any atom is 0.339 e. The number of nitrogens with zero attached hydrogens (tertiary/aromatic N) is 1. The zero-order chi connectivity index (χ0) is 17.4. The van der Waals surface area contributed by atoms with Crippen molar-refractivity contribution in [3.05, 3.63) is 60.3 Å². The molecule has 6 nitrogen and oxygen atoms in total. The average molecular weight is 354 g/mol. The van der Waals surface area contributed by atoms with Crippen LogP contribution >= 0.6 is 0 Å². The van der Waals surface area contributed by atoms with Crippen molar-refractivity contribution in [3.63, 3.8) is 0 Å². The highest BCUT2D eigenvalue weighted by Crippen LogP contribution is 2.29. The van der Waals surface area contributed by atoms with Crippen LogP contribution in [0.3, 0.4) is 0 Å². The summed E-state index contributed by atoms with van der Waals surface area (Å²) in [7, 11) is -4.00. The third kappa shape index (κ3) is 2.94. The number of amides is 1. The van der Waals surface area contributed by atoms with Crippen molar-refractivity contribution in [2.24, 2.45) is 0 Å². The predicted molar refractivity (Wildman–Crippen MR) is 92.9 cm³/mol. The Morgan fingerprint density at radius 2 is 1.88 bits per heavy atom. The van der Waals surface area contributed by atoms with Crippen LogP contribution in [0.15, 0.2) is 59.6 Å². The number of hydrogen-bond donors (Lipinski definition) is 1. The summed E-state index contributed by atoms with van der Waals surface area (Å²) in [6, 6.07) is 13.3. The minimum atomic E-state index is -4.00. The van der Waals surface area contributed by atoms with E-state index in [0.717, 1.165) is 10.9 Å². The Bertz CT molecular complexity index is 1090. The quantitative estimate of drug-likeness (QED) is 0.731. The minimum Gasteiger partial charge on any atom is -0.377 e. The first kappa shape index (κ1) is 15.6. The number of hydrogen-bond acceptors (Lipinski definition) is 5. The molecule has 0 bridgehead atoms. The van der Waals surface area contributed by atoms with Crippen LogP contribution in [0.5, 0.6) is 5.75 Å². The van der Waals surface area contributed by atoms with Crippen LogP contribution in [0.2, 0.25) is 0 Å². The van der Waals surface area contributed by atoms with Gasteiger partial charge in [-0.3, -0.25) is 9.78 Å². The molecule has 0 spiro atoms. The van der Waals surface area contributed by atoms with Gasteiger partial charge in [0, 0.05) is 23.7 Å². The Hall–Kier alpha value is -2.93.